The summed E-state index contributed by atoms with van der Waals surface area (Å²) >= 11 is 2.04. The van der Waals surface area contributed by atoms with E-state index >= 15 is 0 Å². The van der Waals surface area contributed by atoms with Crippen LogP contribution >= 0.6 is 11.8 Å². The lowest BCUT2D eigenvalue weighted by Crippen LogP contribution is -2.35. The summed E-state index contributed by atoms with van der Waals surface area (Å²) in [4.78, 5) is 1.50. The Labute approximate surface area is 171 Å². The first-order valence-corrected chi connectivity index (χ1v) is 11.6. The van der Waals surface area contributed by atoms with Gasteiger partial charge in [0.05, 0.1) is 0 Å². The van der Waals surface area contributed by atoms with E-state index in [4.69, 9.17) is 5.73 Å². The van der Waals surface area contributed by atoms with E-state index in [0.29, 0.717) is 5.92 Å². The molecule has 27 heavy (non-hydrogen) atoms. The van der Waals surface area contributed by atoms with Crippen molar-refractivity contribution in [2.24, 2.45) is 11.7 Å². The second kappa shape index (κ2) is 10.0. The molecule has 3 heteroatoms. The van der Waals surface area contributed by atoms with Crippen molar-refractivity contribution < 1.29 is 0 Å². The highest BCUT2D eigenvalue weighted by atomic mass is 32.2. The van der Waals surface area contributed by atoms with Gasteiger partial charge in [-0.1, -0.05) is 29.9 Å². The molecule has 0 fully saturated rings. The molecule has 0 saturated carbocycles. The Hall–Kier alpha value is -0.930. The third-order valence-corrected chi connectivity index (χ3v) is 6.68. The topological polar surface area (TPSA) is 38.0 Å². The van der Waals surface area contributed by atoms with Crippen molar-refractivity contribution in [3.05, 3.63) is 46.1 Å². The van der Waals surface area contributed by atoms with Gasteiger partial charge in [0.25, 0.3) is 0 Å². The molecule has 0 aromatic heterocycles. The highest BCUT2D eigenvalue weighted by molar-refractivity contribution is 8.03. The summed E-state index contributed by atoms with van der Waals surface area (Å²) in [6, 6.07) is 0.289. The van der Waals surface area contributed by atoms with Gasteiger partial charge in [-0.05, 0) is 96.1 Å². The van der Waals surface area contributed by atoms with Crippen LogP contribution in [-0.2, 0) is 0 Å². The SMILES string of the molecule is C=C(NC(C)(C)C)C1=C(SCCCC2=CCCCC2C(C)N)CCC(C)=C1. The van der Waals surface area contributed by atoms with E-state index in [-0.39, 0.29) is 11.6 Å². The molecule has 0 aliphatic heterocycles. The fourth-order valence-electron chi connectivity index (χ4n) is 4.09. The van der Waals surface area contributed by atoms with Crippen molar-refractivity contribution in [2.75, 3.05) is 5.75 Å². The van der Waals surface area contributed by atoms with Crippen LogP contribution < -0.4 is 11.1 Å². The number of nitrogens with one attached hydrogen (secondary N) is 1. The Kier molecular flexibility index (Phi) is 8.30. The highest BCUT2D eigenvalue weighted by Crippen LogP contribution is 2.36. The molecule has 2 unspecified atom stereocenters. The van der Waals surface area contributed by atoms with E-state index in [1.54, 1.807) is 5.57 Å². The minimum atomic E-state index is 0.0421. The van der Waals surface area contributed by atoms with E-state index in [1.165, 1.54) is 60.3 Å². The van der Waals surface area contributed by atoms with Crippen LogP contribution in [0.1, 0.15) is 79.6 Å². The second-order valence-corrected chi connectivity index (χ2v) is 10.5. The molecule has 0 aromatic carbocycles. The fourth-order valence-corrected chi connectivity index (χ4v) is 5.21. The lowest BCUT2D eigenvalue weighted by Gasteiger charge is -2.28. The Morgan fingerprint density at radius 3 is 2.78 bits per heavy atom. The molecule has 2 aliphatic rings. The third-order valence-electron chi connectivity index (χ3n) is 5.41. The van der Waals surface area contributed by atoms with Crippen LogP contribution in [0, 0.1) is 5.92 Å². The maximum absolute atomic E-state index is 6.22. The molecule has 0 heterocycles. The van der Waals surface area contributed by atoms with Crippen LogP contribution in [0.2, 0.25) is 0 Å². The molecule has 2 atom stereocenters. The summed E-state index contributed by atoms with van der Waals surface area (Å²) in [5, 5.41) is 3.57. The summed E-state index contributed by atoms with van der Waals surface area (Å²) in [6.07, 6.45) is 13.4. The van der Waals surface area contributed by atoms with Crippen molar-refractivity contribution in [1.29, 1.82) is 0 Å². The van der Waals surface area contributed by atoms with Crippen LogP contribution in [0.15, 0.2) is 46.1 Å². The molecule has 0 spiro atoms. The standard InChI is InChI=1S/C24H40N2S/c1-17-13-14-23(22(16-17)19(3)26-24(4,5)6)27-15-9-11-20-10-7-8-12-21(20)18(2)25/h10,16,18,21,26H,3,7-9,11-15,25H2,1-2,4-6H3. The number of rotatable bonds is 8. The Morgan fingerprint density at radius 2 is 2.11 bits per heavy atom. The Bertz CT molecular complexity index is 617. The van der Waals surface area contributed by atoms with Gasteiger partial charge in [0.1, 0.15) is 0 Å². The van der Waals surface area contributed by atoms with Gasteiger partial charge >= 0.3 is 0 Å². The van der Waals surface area contributed by atoms with Gasteiger partial charge in [0.15, 0.2) is 0 Å². The quantitative estimate of drug-likeness (QED) is 0.370. The van der Waals surface area contributed by atoms with Gasteiger partial charge in [-0.2, -0.15) is 0 Å². The summed E-state index contributed by atoms with van der Waals surface area (Å²) in [5.41, 5.74) is 11.7. The summed E-state index contributed by atoms with van der Waals surface area (Å²) in [7, 11) is 0. The highest BCUT2D eigenvalue weighted by Gasteiger charge is 2.21. The van der Waals surface area contributed by atoms with Crippen LogP contribution in [0.3, 0.4) is 0 Å². The van der Waals surface area contributed by atoms with E-state index in [2.05, 4.69) is 58.7 Å². The summed E-state index contributed by atoms with van der Waals surface area (Å²) in [6.45, 7) is 15.3. The first-order chi connectivity index (χ1) is 12.7. The minimum Gasteiger partial charge on any atom is -0.380 e. The van der Waals surface area contributed by atoms with Crippen molar-refractivity contribution >= 4 is 11.8 Å². The maximum Gasteiger partial charge on any atom is 0.0352 e. The molecular weight excluding hydrogens is 348 g/mol. The monoisotopic (exact) mass is 388 g/mol. The maximum atomic E-state index is 6.22. The van der Waals surface area contributed by atoms with Gasteiger partial charge in [0.2, 0.25) is 0 Å². The van der Waals surface area contributed by atoms with E-state index in [9.17, 15) is 0 Å². The zero-order chi connectivity index (χ0) is 20.0. The molecule has 0 aromatic rings. The largest absolute Gasteiger partial charge is 0.380 e. The normalized spacial score (nSPS) is 22.2. The average molecular weight is 389 g/mol. The molecule has 2 nitrogen and oxygen atoms in total. The Morgan fingerprint density at radius 1 is 1.37 bits per heavy atom. The van der Waals surface area contributed by atoms with Crippen molar-refractivity contribution in [3.63, 3.8) is 0 Å². The minimum absolute atomic E-state index is 0.0421. The number of hydrogen-bond acceptors (Lipinski definition) is 3. The zero-order valence-electron chi connectivity index (χ0n) is 18.2. The Balaban J connectivity index is 1.94. The van der Waals surface area contributed by atoms with Crippen molar-refractivity contribution in [1.82, 2.24) is 5.32 Å². The first kappa shape index (κ1) is 22.4. The van der Waals surface area contributed by atoms with Crippen LogP contribution in [0.4, 0.5) is 0 Å². The first-order valence-electron chi connectivity index (χ1n) is 10.6. The average Bonchev–Trinajstić information content (AvgIpc) is 2.58. The molecule has 0 saturated heterocycles. The van der Waals surface area contributed by atoms with Gasteiger partial charge in [-0.3, -0.25) is 0 Å². The molecule has 2 rings (SSSR count). The number of allylic oxidation sites excluding steroid dienone is 4. The zero-order valence-corrected chi connectivity index (χ0v) is 19.0. The summed E-state index contributed by atoms with van der Waals surface area (Å²) in [5.74, 6) is 1.78. The van der Waals surface area contributed by atoms with Gasteiger partial charge in [-0.15, -0.1) is 11.8 Å². The van der Waals surface area contributed by atoms with Crippen LogP contribution in [0.5, 0.6) is 0 Å². The van der Waals surface area contributed by atoms with Gasteiger partial charge in [-0.25, -0.2) is 0 Å². The van der Waals surface area contributed by atoms with Gasteiger partial charge in [0, 0.05) is 22.9 Å². The molecule has 0 amide bonds. The predicted molar refractivity (Wildman–Crippen MR) is 123 cm³/mol. The van der Waals surface area contributed by atoms with E-state index in [1.807, 2.05) is 11.8 Å². The second-order valence-electron chi connectivity index (χ2n) is 9.31. The number of hydrogen-bond donors (Lipinski definition) is 2. The van der Waals surface area contributed by atoms with Crippen LogP contribution in [-0.4, -0.2) is 17.3 Å². The number of nitrogens with two attached hydrogens (primary N) is 1. The fraction of sp³-hybridized carbons (Fsp3) is 0.667. The molecule has 2 aliphatic carbocycles. The van der Waals surface area contributed by atoms with Crippen LogP contribution in [0.25, 0.3) is 0 Å². The molecule has 3 N–H and O–H groups in total. The lowest BCUT2D eigenvalue weighted by atomic mass is 9.81. The van der Waals surface area contributed by atoms with Crippen molar-refractivity contribution in [2.45, 2.75) is 91.1 Å². The molecular formula is C24H40N2S. The van der Waals surface area contributed by atoms with E-state index in [0.717, 1.165) is 12.1 Å². The van der Waals surface area contributed by atoms with Crippen molar-refractivity contribution in [3.8, 4) is 0 Å². The summed E-state index contributed by atoms with van der Waals surface area (Å²) < 4.78 is 0. The number of thioether (sulfide) groups is 1. The third kappa shape index (κ3) is 7.19. The predicted octanol–water partition coefficient (Wildman–Crippen LogP) is 6.47. The molecule has 0 radical (unpaired) electrons. The van der Waals surface area contributed by atoms with Gasteiger partial charge < -0.3 is 11.1 Å². The smallest absolute Gasteiger partial charge is 0.0352 e. The molecule has 152 valence electrons. The van der Waals surface area contributed by atoms with E-state index < -0.39 is 0 Å². The molecule has 0 bridgehead atoms. The lowest BCUT2D eigenvalue weighted by molar-refractivity contribution is 0.428.